The van der Waals surface area contributed by atoms with Gasteiger partial charge in [-0.2, -0.15) is 0 Å². The summed E-state index contributed by atoms with van der Waals surface area (Å²) in [4.78, 5) is 57.8. The lowest BCUT2D eigenvalue weighted by molar-refractivity contribution is -0.302. The molecule has 0 aromatic rings. The molecule has 4 aliphatic rings. The van der Waals surface area contributed by atoms with E-state index in [4.69, 9.17) is 28.4 Å². The summed E-state index contributed by atoms with van der Waals surface area (Å²) in [5.41, 5.74) is 1.67. The number of aliphatic hydroxyl groups is 2. The molecular weight excluding hydrogens is 734 g/mol. The van der Waals surface area contributed by atoms with Crippen LogP contribution in [-0.2, 0) is 47.6 Å². The van der Waals surface area contributed by atoms with E-state index in [0.29, 0.717) is 50.5 Å². The number of methoxy groups -OCH3 is 4. The zero-order valence-electron chi connectivity index (χ0n) is 35.5. The monoisotopic (exact) mass is 803 g/mol. The fraction of sp³-hybridized carbons (Fsp3) is 0.773. The Morgan fingerprint density at radius 2 is 1.61 bits per heavy atom. The van der Waals surface area contributed by atoms with Crippen LogP contribution in [0.4, 0.5) is 0 Å². The average molecular weight is 804 g/mol. The highest BCUT2D eigenvalue weighted by molar-refractivity contribution is 6.39. The summed E-state index contributed by atoms with van der Waals surface area (Å²) in [5, 5.41) is 23.7. The molecule has 1 amide bonds. The summed E-state index contributed by atoms with van der Waals surface area (Å²) in [7, 11) is 6.38. The predicted molar refractivity (Wildman–Crippen MR) is 213 cm³/mol. The molecule has 322 valence electrons. The van der Waals surface area contributed by atoms with Gasteiger partial charge in [-0.15, -0.1) is 6.58 Å². The quantitative estimate of drug-likeness (QED) is 0.191. The topological polar surface area (TPSA) is 167 Å². The molecule has 2 saturated heterocycles. The number of aliphatic hydroxyl groups excluding tert-OH is 1. The molecule has 13 atom stereocenters. The normalized spacial score (nSPS) is 39.6. The molecule has 1 unspecified atom stereocenters. The second kappa shape index (κ2) is 21.5. The largest absolute Gasteiger partial charge is 0.456 e. The number of hydrogen-bond donors (Lipinski definition) is 2. The number of carbonyl (C=O) groups excluding carboxylic acids is 4. The molecule has 0 aromatic carbocycles. The van der Waals surface area contributed by atoms with Crippen molar-refractivity contribution in [2.45, 2.75) is 159 Å². The molecule has 1 saturated carbocycles. The number of Topliss-reactive ketones (excluding diaryl/α,β-unsaturated/α-hetero) is 2. The Bertz CT molecular complexity index is 1460. The van der Waals surface area contributed by atoms with E-state index in [1.165, 1.54) is 19.1 Å². The van der Waals surface area contributed by atoms with Crippen LogP contribution in [0.5, 0.6) is 0 Å². The Morgan fingerprint density at radius 3 is 2.26 bits per heavy atom. The van der Waals surface area contributed by atoms with Crippen molar-refractivity contribution in [3.05, 3.63) is 36.0 Å². The summed E-state index contributed by atoms with van der Waals surface area (Å²) >= 11 is 0. The van der Waals surface area contributed by atoms with Gasteiger partial charge in [-0.05, 0) is 96.0 Å². The van der Waals surface area contributed by atoms with Gasteiger partial charge in [-0.25, -0.2) is 4.79 Å². The molecule has 4 rings (SSSR count). The molecule has 13 heteroatoms. The molecule has 2 bridgehead atoms. The lowest BCUT2D eigenvalue weighted by atomic mass is 9.81. The molecule has 0 radical (unpaired) electrons. The van der Waals surface area contributed by atoms with E-state index in [-0.39, 0.29) is 49.7 Å². The van der Waals surface area contributed by atoms with Gasteiger partial charge in [0.15, 0.2) is 0 Å². The highest BCUT2D eigenvalue weighted by Gasteiger charge is 2.56. The highest BCUT2D eigenvalue weighted by Crippen LogP contribution is 2.39. The number of cyclic esters (lactones) is 1. The van der Waals surface area contributed by atoms with Crippen molar-refractivity contribution in [2.75, 3.05) is 35.0 Å². The zero-order valence-corrected chi connectivity index (χ0v) is 35.5. The maximum Gasteiger partial charge on any atom is 0.329 e. The number of nitrogens with zero attached hydrogens (tertiary/aromatic N) is 1. The Balaban J connectivity index is 1.75. The van der Waals surface area contributed by atoms with Crippen LogP contribution in [0.1, 0.15) is 105 Å². The molecule has 1 aliphatic carbocycles. The maximum absolute atomic E-state index is 14.3. The first kappa shape index (κ1) is 46.9. The molecule has 3 heterocycles. The Labute approximate surface area is 339 Å². The molecule has 0 spiro atoms. The smallest absolute Gasteiger partial charge is 0.329 e. The lowest BCUT2D eigenvalue weighted by Gasteiger charge is -2.46. The van der Waals surface area contributed by atoms with Crippen molar-refractivity contribution in [3.8, 4) is 0 Å². The van der Waals surface area contributed by atoms with E-state index in [1.807, 2.05) is 19.9 Å². The molecule has 3 fully saturated rings. The first-order chi connectivity index (χ1) is 27.1. The predicted octanol–water partition coefficient (Wildman–Crippen LogP) is 5.05. The summed E-state index contributed by atoms with van der Waals surface area (Å²) < 4.78 is 35.5. The van der Waals surface area contributed by atoms with Crippen LogP contribution in [0.25, 0.3) is 0 Å². The third kappa shape index (κ3) is 11.3. The number of amides is 1. The van der Waals surface area contributed by atoms with Gasteiger partial charge in [0.1, 0.15) is 24.0 Å². The number of piperidine rings is 1. The first-order valence-electron chi connectivity index (χ1n) is 20.9. The van der Waals surface area contributed by atoms with Crippen LogP contribution in [0.2, 0.25) is 0 Å². The fourth-order valence-electron chi connectivity index (χ4n) is 9.30. The van der Waals surface area contributed by atoms with Crippen molar-refractivity contribution in [1.29, 1.82) is 0 Å². The van der Waals surface area contributed by atoms with E-state index >= 15 is 0 Å². The molecule has 2 N–H and O–H groups in total. The van der Waals surface area contributed by atoms with E-state index in [0.717, 1.165) is 18.4 Å². The molecule has 13 nitrogen and oxygen atoms in total. The fourth-order valence-corrected chi connectivity index (χ4v) is 9.30. The molecule has 57 heavy (non-hydrogen) atoms. The van der Waals surface area contributed by atoms with Gasteiger partial charge in [-0.1, -0.05) is 37.6 Å². The molecular formula is C44H69NO12. The Kier molecular flexibility index (Phi) is 17.7. The Morgan fingerprint density at radius 1 is 0.930 bits per heavy atom. The SMILES string of the molecule is C=CC[C@@H]1/C=C(\C)CCC[C@H](OC)[C@H]2OC(O)(C(=O)C(=O)N3CCCC[C@H]3C(=O)O[C@H](/C(C)=C/[C@H]3CC[C@@H](OC)[C@H](OC)C3)[C@H](C)[C@@H](O)CC1=O)[C@H](C)C[C@@H]2OC. The minimum absolute atomic E-state index is 0.0359. The minimum Gasteiger partial charge on any atom is -0.456 e. The summed E-state index contributed by atoms with van der Waals surface area (Å²) in [6.45, 7) is 11.2. The van der Waals surface area contributed by atoms with Gasteiger partial charge < -0.3 is 43.5 Å². The van der Waals surface area contributed by atoms with Crippen molar-refractivity contribution in [3.63, 3.8) is 0 Å². The second-order valence-electron chi connectivity index (χ2n) is 16.8. The standard InChI is InChI=1S/C44H69NO12/c1-10-14-31-21-26(2)15-13-17-36(53-7)40-38(55-9)23-28(4)44(51,57-40)41(48)42(49)45-20-12-11-16-32(45)43(50)56-39(29(5)33(46)25-34(31)47)27(3)22-30-18-19-35(52-6)37(24-30)54-8/h10,21-22,28-33,35-40,46,51H,1,11-20,23-25H2,2-9H3/b26-21+,27-22+/t28-,29-,30-,31-,32+,33+,35-,36+,37-,38+,39-,40-,44?/m1/s1. The van der Waals surface area contributed by atoms with Crippen LogP contribution in [0, 0.1) is 23.7 Å². The van der Waals surface area contributed by atoms with Gasteiger partial charge in [0.05, 0.1) is 30.5 Å². The van der Waals surface area contributed by atoms with Crippen LogP contribution in [-0.4, -0.2) is 128 Å². The van der Waals surface area contributed by atoms with Gasteiger partial charge in [0.25, 0.3) is 11.7 Å². The number of fused-ring (bicyclic) bond motifs is 3. The van der Waals surface area contributed by atoms with Crippen LogP contribution in [0.15, 0.2) is 36.0 Å². The molecule has 0 aromatic heterocycles. The van der Waals surface area contributed by atoms with Gasteiger partial charge in [-0.3, -0.25) is 14.4 Å². The number of allylic oxidation sites excluding steroid dienone is 4. The number of esters is 1. The van der Waals surface area contributed by atoms with Gasteiger partial charge in [0, 0.05) is 59.2 Å². The first-order valence-corrected chi connectivity index (χ1v) is 20.9. The third-order valence-corrected chi connectivity index (χ3v) is 12.9. The third-order valence-electron chi connectivity index (χ3n) is 12.9. The van der Waals surface area contributed by atoms with E-state index in [2.05, 4.69) is 12.7 Å². The van der Waals surface area contributed by atoms with Crippen LogP contribution in [0.3, 0.4) is 0 Å². The van der Waals surface area contributed by atoms with Gasteiger partial charge in [0.2, 0.25) is 5.79 Å². The van der Waals surface area contributed by atoms with E-state index in [9.17, 15) is 29.4 Å². The van der Waals surface area contributed by atoms with Gasteiger partial charge >= 0.3 is 5.97 Å². The summed E-state index contributed by atoms with van der Waals surface area (Å²) in [5.74, 6) is -7.53. The second-order valence-corrected chi connectivity index (χ2v) is 16.8. The van der Waals surface area contributed by atoms with Crippen molar-refractivity contribution in [1.82, 2.24) is 4.90 Å². The maximum atomic E-state index is 14.3. The molecule has 3 aliphatic heterocycles. The number of ketones is 2. The van der Waals surface area contributed by atoms with Crippen molar-refractivity contribution in [2.24, 2.45) is 23.7 Å². The lowest BCUT2D eigenvalue weighted by Crippen LogP contribution is -2.64. The van der Waals surface area contributed by atoms with E-state index in [1.54, 1.807) is 34.1 Å². The Hall–Kier alpha value is -2.78. The van der Waals surface area contributed by atoms with Crippen molar-refractivity contribution < 1.29 is 57.8 Å². The summed E-state index contributed by atoms with van der Waals surface area (Å²) in [6, 6.07) is -1.12. The van der Waals surface area contributed by atoms with Crippen molar-refractivity contribution >= 4 is 23.4 Å². The average Bonchev–Trinajstić information content (AvgIpc) is 3.20. The minimum atomic E-state index is -2.49. The number of ether oxygens (including phenoxy) is 6. The zero-order chi connectivity index (χ0) is 42.0. The van der Waals surface area contributed by atoms with Crippen LogP contribution < -0.4 is 0 Å². The highest BCUT2D eigenvalue weighted by atomic mass is 16.7. The number of rotatable bonds is 8. The van der Waals surface area contributed by atoms with E-state index < -0.39 is 77.8 Å². The van der Waals surface area contributed by atoms with Crippen LogP contribution >= 0.6 is 0 Å². The number of carbonyl (C=O) groups is 4. The summed E-state index contributed by atoms with van der Waals surface area (Å²) in [6.07, 6.45) is 7.22. The number of hydrogen-bond acceptors (Lipinski definition) is 12.